The first-order valence-corrected chi connectivity index (χ1v) is 8.10. The Labute approximate surface area is 117 Å². The number of rotatable bonds is 2. The molecule has 104 valence electrons. The van der Waals surface area contributed by atoms with Gasteiger partial charge in [0, 0.05) is 18.3 Å². The minimum absolute atomic E-state index is 0.464. The maximum absolute atomic E-state index is 6.16. The topological polar surface area (TPSA) is 61.7 Å². The summed E-state index contributed by atoms with van der Waals surface area (Å²) in [6, 6.07) is 0.464. The standard InChI is InChI=1S/C13H21N5S/c1-8-11-12(17(2)16-8)18(13(14)15-11)9-5-4-6-10(7-9)19-3/h9-10H,4-7H2,1-3H3,(H2,14,15). The maximum atomic E-state index is 6.16. The molecule has 3 rings (SSSR count). The fourth-order valence-electron chi connectivity index (χ4n) is 3.24. The number of nitrogens with two attached hydrogens (primary N) is 1. The molecule has 2 aromatic rings. The summed E-state index contributed by atoms with van der Waals surface area (Å²) in [6.07, 6.45) is 7.16. The van der Waals surface area contributed by atoms with E-state index in [9.17, 15) is 0 Å². The molecule has 2 unspecified atom stereocenters. The van der Waals surface area contributed by atoms with Gasteiger partial charge in [-0.15, -0.1) is 0 Å². The van der Waals surface area contributed by atoms with Gasteiger partial charge in [0.05, 0.1) is 5.69 Å². The van der Waals surface area contributed by atoms with E-state index in [1.165, 1.54) is 25.7 Å². The number of aromatic nitrogens is 4. The smallest absolute Gasteiger partial charge is 0.202 e. The highest BCUT2D eigenvalue weighted by molar-refractivity contribution is 7.99. The summed E-state index contributed by atoms with van der Waals surface area (Å²) in [6.45, 7) is 1.99. The summed E-state index contributed by atoms with van der Waals surface area (Å²) in [7, 11) is 1.97. The number of anilines is 1. The highest BCUT2D eigenvalue weighted by Gasteiger charge is 2.27. The molecular formula is C13H21N5S. The molecule has 2 heterocycles. The lowest BCUT2D eigenvalue weighted by atomic mass is 9.95. The van der Waals surface area contributed by atoms with Crippen LogP contribution in [0.1, 0.15) is 37.4 Å². The molecule has 2 atom stereocenters. The zero-order valence-corrected chi connectivity index (χ0v) is 12.6. The monoisotopic (exact) mass is 279 g/mol. The van der Waals surface area contributed by atoms with Crippen molar-refractivity contribution in [2.24, 2.45) is 7.05 Å². The van der Waals surface area contributed by atoms with Gasteiger partial charge in [0.15, 0.2) is 5.65 Å². The molecule has 1 aliphatic carbocycles. The highest BCUT2D eigenvalue weighted by atomic mass is 32.2. The number of nitrogen functional groups attached to an aromatic ring is 1. The Morgan fingerprint density at radius 2 is 2.16 bits per heavy atom. The van der Waals surface area contributed by atoms with Crippen LogP contribution in [0.15, 0.2) is 0 Å². The number of thioether (sulfide) groups is 1. The fourth-order valence-corrected chi connectivity index (χ4v) is 4.06. The third-order valence-electron chi connectivity index (χ3n) is 4.16. The van der Waals surface area contributed by atoms with E-state index in [1.807, 2.05) is 30.4 Å². The van der Waals surface area contributed by atoms with Gasteiger partial charge in [-0.1, -0.05) is 6.42 Å². The summed E-state index contributed by atoms with van der Waals surface area (Å²) < 4.78 is 4.12. The van der Waals surface area contributed by atoms with Gasteiger partial charge in [-0.3, -0.25) is 9.25 Å². The molecule has 0 aromatic carbocycles. The van der Waals surface area contributed by atoms with Crippen LogP contribution < -0.4 is 5.73 Å². The van der Waals surface area contributed by atoms with Crippen LogP contribution in [-0.4, -0.2) is 30.8 Å². The second-order valence-electron chi connectivity index (χ2n) is 5.40. The Hall–Kier alpha value is -1.17. The largest absolute Gasteiger partial charge is 0.369 e. The van der Waals surface area contributed by atoms with Crippen molar-refractivity contribution < 1.29 is 0 Å². The average molecular weight is 279 g/mol. The first kappa shape index (κ1) is 12.8. The van der Waals surface area contributed by atoms with E-state index in [2.05, 4.69) is 20.9 Å². The number of imidazole rings is 1. The van der Waals surface area contributed by atoms with E-state index in [1.54, 1.807) is 0 Å². The molecule has 19 heavy (non-hydrogen) atoms. The molecule has 6 heteroatoms. The second-order valence-corrected chi connectivity index (χ2v) is 6.54. The van der Waals surface area contributed by atoms with Crippen molar-refractivity contribution >= 4 is 28.9 Å². The molecule has 2 N–H and O–H groups in total. The summed E-state index contributed by atoms with van der Waals surface area (Å²) in [4.78, 5) is 4.51. The van der Waals surface area contributed by atoms with Crippen molar-refractivity contribution in [1.29, 1.82) is 0 Å². The van der Waals surface area contributed by atoms with Gasteiger partial charge in [0.25, 0.3) is 0 Å². The highest BCUT2D eigenvalue weighted by Crippen LogP contribution is 2.37. The number of fused-ring (bicyclic) bond motifs is 1. The van der Waals surface area contributed by atoms with Crippen LogP contribution in [0.4, 0.5) is 5.95 Å². The third kappa shape index (κ3) is 2.02. The van der Waals surface area contributed by atoms with E-state index in [-0.39, 0.29) is 0 Å². The predicted octanol–water partition coefficient (Wildman–Crippen LogP) is 2.51. The van der Waals surface area contributed by atoms with Crippen molar-refractivity contribution in [1.82, 2.24) is 19.3 Å². The average Bonchev–Trinajstić information content (AvgIpc) is 2.88. The third-order valence-corrected chi connectivity index (χ3v) is 5.25. The lowest BCUT2D eigenvalue weighted by Gasteiger charge is -2.29. The molecule has 1 saturated carbocycles. The molecular weight excluding hydrogens is 258 g/mol. The molecule has 0 amide bonds. The van der Waals surface area contributed by atoms with E-state index >= 15 is 0 Å². The van der Waals surface area contributed by atoms with Crippen molar-refractivity contribution in [3.05, 3.63) is 5.69 Å². The maximum Gasteiger partial charge on any atom is 0.202 e. The Morgan fingerprint density at radius 3 is 2.89 bits per heavy atom. The van der Waals surface area contributed by atoms with Crippen LogP contribution in [0.3, 0.4) is 0 Å². The lowest BCUT2D eigenvalue weighted by Crippen LogP contribution is -2.22. The quantitative estimate of drug-likeness (QED) is 0.917. The number of aryl methyl sites for hydroxylation is 2. The molecule has 0 aliphatic heterocycles. The number of hydrogen-bond donors (Lipinski definition) is 1. The Kier molecular flexibility index (Phi) is 3.20. The van der Waals surface area contributed by atoms with Gasteiger partial charge in [0.2, 0.25) is 5.95 Å². The zero-order valence-electron chi connectivity index (χ0n) is 11.8. The van der Waals surface area contributed by atoms with Crippen LogP contribution in [-0.2, 0) is 7.05 Å². The summed E-state index contributed by atoms with van der Waals surface area (Å²) >= 11 is 1.97. The number of hydrogen-bond acceptors (Lipinski definition) is 4. The van der Waals surface area contributed by atoms with Gasteiger partial charge in [-0.25, -0.2) is 4.98 Å². The van der Waals surface area contributed by atoms with Crippen molar-refractivity contribution in [3.8, 4) is 0 Å². The van der Waals surface area contributed by atoms with E-state index in [4.69, 9.17) is 5.73 Å². The summed E-state index contributed by atoms with van der Waals surface area (Å²) in [5, 5.41) is 5.20. The molecule has 1 aliphatic rings. The van der Waals surface area contributed by atoms with Gasteiger partial charge < -0.3 is 5.73 Å². The second kappa shape index (κ2) is 4.74. The van der Waals surface area contributed by atoms with Gasteiger partial charge >= 0.3 is 0 Å². The summed E-state index contributed by atoms with van der Waals surface area (Å²) in [5.41, 5.74) is 9.14. The minimum Gasteiger partial charge on any atom is -0.369 e. The van der Waals surface area contributed by atoms with Crippen LogP contribution in [0.25, 0.3) is 11.2 Å². The fraction of sp³-hybridized carbons (Fsp3) is 0.692. The van der Waals surface area contributed by atoms with E-state index in [0.717, 1.165) is 22.1 Å². The van der Waals surface area contributed by atoms with Crippen LogP contribution >= 0.6 is 11.8 Å². The van der Waals surface area contributed by atoms with E-state index in [0.29, 0.717) is 12.0 Å². The normalized spacial score (nSPS) is 24.2. The molecule has 0 saturated heterocycles. The summed E-state index contributed by atoms with van der Waals surface area (Å²) in [5.74, 6) is 0.637. The molecule has 0 bridgehead atoms. The van der Waals surface area contributed by atoms with Gasteiger partial charge in [0.1, 0.15) is 5.52 Å². The van der Waals surface area contributed by atoms with Crippen molar-refractivity contribution in [2.45, 2.75) is 43.9 Å². The molecule has 2 aromatic heterocycles. The Balaban J connectivity index is 2.06. The molecule has 1 fully saturated rings. The van der Waals surface area contributed by atoms with E-state index < -0.39 is 0 Å². The molecule has 5 nitrogen and oxygen atoms in total. The van der Waals surface area contributed by atoms with Crippen LogP contribution in [0, 0.1) is 6.92 Å². The van der Waals surface area contributed by atoms with Crippen molar-refractivity contribution in [2.75, 3.05) is 12.0 Å². The predicted molar refractivity (Wildman–Crippen MR) is 80.5 cm³/mol. The lowest BCUT2D eigenvalue weighted by molar-refractivity contribution is 0.367. The SMILES string of the molecule is CSC1CCCC(n2c(N)nc3c(C)nn(C)c32)C1. The van der Waals surface area contributed by atoms with Crippen molar-refractivity contribution in [3.63, 3.8) is 0 Å². The van der Waals surface area contributed by atoms with Crippen LogP contribution in [0.5, 0.6) is 0 Å². The Bertz CT molecular complexity index is 600. The first-order valence-electron chi connectivity index (χ1n) is 6.81. The molecule has 0 radical (unpaired) electrons. The van der Waals surface area contributed by atoms with Gasteiger partial charge in [-0.05, 0) is 32.4 Å². The minimum atomic E-state index is 0.464. The number of nitrogens with zero attached hydrogens (tertiary/aromatic N) is 4. The Morgan fingerprint density at radius 1 is 1.37 bits per heavy atom. The van der Waals surface area contributed by atoms with Crippen LogP contribution in [0.2, 0.25) is 0 Å². The molecule has 0 spiro atoms. The van der Waals surface area contributed by atoms with Gasteiger partial charge in [-0.2, -0.15) is 16.9 Å². The zero-order chi connectivity index (χ0) is 13.6. The first-order chi connectivity index (χ1) is 9.11.